The first-order valence-electron chi connectivity index (χ1n) is 5.54. The highest BCUT2D eigenvalue weighted by atomic mass is 35.5. The Bertz CT molecular complexity index is 736. The number of benzene rings is 1. The Morgan fingerprint density at radius 3 is 2.67 bits per heavy atom. The molecule has 12 heteroatoms. The number of nitrogens with one attached hydrogen (secondary N) is 2. The fourth-order valence-electron chi connectivity index (χ4n) is 1.57. The first-order valence-corrected chi connectivity index (χ1v) is 8.95. The topological polar surface area (TPSA) is 137 Å². The SMILES string of the molecule is NS(=O)(=O)NS(=O)(=O)NC[C@H]1COc2cc(Cl)ccc2O1. The van der Waals surface area contributed by atoms with Crippen LogP contribution in [0.1, 0.15) is 0 Å². The molecule has 1 aromatic carbocycles. The molecule has 1 aliphatic heterocycles. The third-order valence-electron chi connectivity index (χ3n) is 2.35. The van der Waals surface area contributed by atoms with Crippen LogP contribution in [-0.2, 0) is 20.4 Å². The lowest BCUT2D eigenvalue weighted by Gasteiger charge is -2.26. The van der Waals surface area contributed by atoms with Crippen LogP contribution >= 0.6 is 11.6 Å². The van der Waals surface area contributed by atoms with Gasteiger partial charge in [0.25, 0.3) is 20.4 Å². The summed E-state index contributed by atoms with van der Waals surface area (Å²) in [6.07, 6.45) is -0.629. The third-order valence-corrected chi connectivity index (χ3v) is 4.94. The van der Waals surface area contributed by atoms with Crippen LogP contribution in [0.4, 0.5) is 0 Å². The zero-order valence-corrected chi connectivity index (χ0v) is 12.8. The molecule has 4 N–H and O–H groups in total. The van der Waals surface area contributed by atoms with E-state index in [0.717, 1.165) is 0 Å². The highest BCUT2D eigenvalue weighted by Crippen LogP contribution is 2.33. The minimum Gasteiger partial charge on any atom is -0.486 e. The lowest BCUT2D eigenvalue weighted by atomic mass is 10.2. The highest BCUT2D eigenvalue weighted by Gasteiger charge is 2.24. The number of nitrogens with two attached hydrogens (primary N) is 1. The molecule has 1 aliphatic rings. The van der Waals surface area contributed by atoms with E-state index in [1.165, 1.54) is 4.13 Å². The molecule has 0 aliphatic carbocycles. The van der Waals surface area contributed by atoms with Crippen molar-refractivity contribution in [2.45, 2.75) is 6.10 Å². The summed E-state index contributed by atoms with van der Waals surface area (Å²) >= 11 is 5.79. The molecule has 0 unspecified atom stereocenters. The van der Waals surface area contributed by atoms with Crippen LogP contribution in [-0.4, -0.2) is 36.1 Å². The van der Waals surface area contributed by atoms with Crippen LogP contribution in [0.5, 0.6) is 11.5 Å². The Kier molecular flexibility index (Phi) is 4.60. The van der Waals surface area contributed by atoms with Crippen molar-refractivity contribution in [1.29, 1.82) is 0 Å². The number of rotatable bonds is 5. The monoisotopic (exact) mass is 357 g/mol. The molecule has 1 atom stereocenters. The minimum absolute atomic E-state index is 0.0746. The quantitative estimate of drug-likeness (QED) is 0.625. The second-order valence-corrected chi connectivity index (χ2v) is 7.61. The Hall–Kier alpha value is -1.11. The Labute approximate surface area is 126 Å². The van der Waals surface area contributed by atoms with Crippen molar-refractivity contribution in [2.24, 2.45) is 5.14 Å². The van der Waals surface area contributed by atoms with Crippen LogP contribution in [0, 0.1) is 0 Å². The van der Waals surface area contributed by atoms with Gasteiger partial charge in [-0.05, 0) is 12.1 Å². The molecule has 2 rings (SSSR count). The summed E-state index contributed by atoms with van der Waals surface area (Å²) in [6, 6.07) is 4.75. The van der Waals surface area contributed by atoms with Crippen LogP contribution < -0.4 is 23.5 Å². The predicted octanol–water partition coefficient (Wildman–Crippen LogP) is -0.893. The second-order valence-electron chi connectivity index (χ2n) is 4.12. The maximum atomic E-state index is 11.4. The molecule has 0 saturated carbocycles. The summed E-state index contributed by atoms with van der Waals surface area (Å²) < 4.78 is 58.2. The molecule has 0 amide bonds. The molecule has 9 nitrogen and oxygen atoms in total. The molecule has 21 heavy (non-hydrogen) atoms. The molecule has 0 radical (unpaired) electrons. The van der Waals surface area contributed by atoms with E-state index in [2.05, 4.69) is 5.14 Å². The lowest BCUT2D eigenvalue weighted by molar-refractivity contribution is 0.0943. The van der Waals surface area contributed by atoms with Crippen molar-refractivity contribution in [2.75, 3.05) is 13.2 Å². The van der Waals surface area contributed by atoms with Crippen LogP contribution in [0.15, 0.2) is 18.2 Å². The van der Waals surface area contributed by atoms with E-state index >= 15 is 0 Å². The maximum Gasteiger partial charge on any atom is 0.291 e. The summed E-state index contributed by atoms with van der Waals surface area (Å²) in [6.45, 7) is -0.127. The van der Waals surface area contributed by atoms with E-state index in [1.54, 1.807) is 18.2 Å². The molecule has 0 bridgehead atoms. The van der Waals surface area contributed by atoms with Crippen LogP contribution in [0.2, 0.25) is 5.02 Å². The normalized spacial score (nSPS) is 18.5. The van der Waals surface area contributed by atoms with Crippen molar-refractivity contribution in [3.05, 3.63) is 23.2 Å². The summed E-state index contributed by atoms with van der Waals surface area (Å²) in [7, 11) is -8.67. The van der Waals surface area contributed by atoms with Gasteiger partial charge in [0.05, 0.1) is 6.54 Å². The highest BCUT2D eigenvalue weighted by molar-refractivity contribution is 8.02. The second kappa shape index (κ2) is 5.94. The minimum atomic E-state index is -4.38. The Morgan fingerprint density at radius 1 is 1.29 bits per heavy atom. The Morgan fingerprint density at radius 2 is 2.00 bits per heavy atom. The molecule has 0 aromatic heterocycles. The summed E-state index contributed by atoms with van der Waals surface area (Å²) in [5.41, 5.74) is 0. The van der Waals surface area contributed by atoms with E-state index in [-0.39, 0.29) is 13.2 Å². The molecule has 0 fully saturated rings. The van der Waals surface area contributed by atoms with Crippen LogP contribution in [0.3, 0.4) is 0 Å². The smallest absolute Gasteiger partial charge is 0.291 e. The van der Waals surface area contributed by atoms with Gasteiger partial charge >= 0.3 is 0 Å². The van der Waals surface area contributed by atoms with Gasteiger partial charge in [-0.1, -0.05) is 15.7 Å². The zero-order valence-electron chi connectivity index (χ0n) is 10.4. The van der Waals surface area contributed by atoms with Gasteiger partial charge in [-0.25, -0.2) is 5.14 Å². The maximum absolute atomic E-state index is 11.4. The van der Waals surface area contributed by atoms with Gasteiger partial charge < -0.3 is 9.47 Å². The molecular formula is C9H12ClN3O6S2. The molecule has 1 heterocycles. The number of halogens is 1. The molecular weight excluding hydrogens is 346 g/mol. The fourth-order valence-corrected chi connectivity index (χ4v) is 3.60. The van der Waals surface area contributed by atoms with E-state index < -0.39 is 26.5 Å². The zero-order chi connectivity index (χ0) is 15.7. The van der Waals surface area contributed by atoms with Gasteiger partial charge in [-0.15, -0.1) is 0 Å². The van der Waals surface area contributed by atoms with Gasteiger partial charge in [-0.2, -0.15) is 21.6 Å². The summed E-state index contributed by atoms with van der Waals surface area (Å²) in [5.74, 6) is 0.860. The van der Waals surface area contributed by atoms with Crippen molar-refractivity contribution < 1.29 is 26.3 Å². The van der Waals surface area contributed by atoms with Gasteiger partial charge in [0.2, 0.25) is 0 Å². The van der Waals surface area contributed by atoms with Crippen molar-refractivity contribution in [1.82, 2.24) is 8.85 Å². The predicted molar refractivity (Wildman–Crippen MR) is 74.5 cm³/mol. The van der Waals surface area contributed by atoms with E-state index in [0.29, 0.717) is 16.5 Å². The van der Waals surface area contributed by atoms with Gasteiger partial charge in [0, 0.05) is 11.1 Å². The van der Waals surface area contributed by atoms with E-state index in [1.807, 2.05) is 4.72 Å². The average Bonchev–Trinajstić information content (AvgIpc) is 2.33. The Balaban J connectivity index is 1.96. The molecule has 118 valence electrons. The van der Waals surface area contributed by atoms with Crippen LogP contribution in [0.25, 0.3) is 0 Å². The third kappa shape index (κ3) is 4.98. The van der Waals surface area contributed by atoms with Gasteiger partial charge in [0.1, 0.15) is 12.7 Å². The largest absolute Gasteiger partial charge is 0.486 e. The number of fused-ring (bicyclic) bond motifs is 1. The van der Waals surface area contributed by atoms with Crippen molar-refractivity contribution in [3.63, 3.8) is 0 Å². The van der Waals surface area contributed by atoms with E-state index in [9.17, 15) is 16.8 Å². The van der Waals surface area contributed by atoms with Crippen molar-refractivity contribution >= 4 is 32.0 Å². The molecule has 1 aromatic rings. The lowest BCUT2D eigenvalue weighted by Crippen LogP contribution is -2.47. The number of hydrogen-bond acceptors (Lipinski definition) is 6. The van der Waals surface area contributed by atoms with Crippen molar-refractivity contribution in [3.8, 4) is 11.5 Å². The first kappa shape index (κ1) is 16.3. The number of hydrogen-bond donors (Lipinski definition) is 3. The molecule has 0 spiro atoms. The average molecular weight is 358 g/mol. The first-order chi connectivity index (χ1) is 9.65. The summed E-state index contributed by atoms with van der Waals surface area (Å²) in [5, 5.41) is 5.06. The standard InChI is InChI=1S/C9H12ClN3O6S2/c10-6-1-2-8-9(3-6)18-5-7(19-8)4-12-21(16,17)13-20(11,14)15/h1-3,7,12-13H,4-5H2,(H2,11,14,15)/t7-/m0/s1. The number of ether oxygens (including phenoxy) is 2. The summed E-state index contributed by atoms with van der Waals surface area (Å²) in [4.78, 5) is 0. The fraction of sp³-hybridized carbons (Fsp3) is 0.333. The van der Waals surface area contributed by atoms with E-state index in [4.69, 9.17) is 21.1 Å². The van der Waals surface area contributed by atoms with Gasteiger partial charge in [0.15, 0.2) is 11.5 Å². The van der Waals surface area contributed by atoms with Gasteiger partial charge in [-0.3, -0.25) is 0 Å². The molecule has 0 saturated heterocycles.